The van der Waals surface area contributed by atoms with E-state index >= 15 is 0 Å². The van der Waals surface area contributed by atoms with E-state index in [1.165, 1.54) is 4.90 Å². The van der Waals surface area contributed by atoms with Crippen molar-refractivity contribution in [3.63, 3.8) is 0 Å². The molecule has 0 aromatic carbocycles. The molecule has 3 amide bonds. The Morgan fingerprint density at radius 3 is 2.25 bits per heavy atom. The third kappa shape index (κ3) is 5.34. The summed E-state index contributed by atoms with van der Waals surface area (Å²) >= 11 is 0. The van der Waals surface area contributed by atoms with Crippen LogP contribution in [-0.2, 0) is 19.1 Å². The normalized spacial score (nSPS) is 19.0. The molecule has 2 fully saturated rings. The molecule has 0 atom stereocenters. The molecule has 0 unspecified atom stereocenters. The van der Waals surface area contributed by atoms with Gasteiger partial charge in [0.15, 0.2) is 0 Å². The second-order valence-corrected chi connectivity index (χ2v) is 5.69. The molecule has 0 aromatic rings. The topological polar surface area (TPSA) is 91.4 Å². The Morgan fingerprint density at radius 1 is 1.00 bits per heavy atom. The fourth-order valence-corrected chi connectivity index (χ4v) is 2.68. The first-order chi connectivity index (χ1) is 11.6. The molecule has 0 bridgehead atoms. The Kier molecular flexibility index (Phi) is 7.26. The first kappa shape index (κ1) is 18.5. The number of amides is 3. The smallest absolute Gasteiger partial charge is 0.409 e. The van der Waals surface area contributed by atoms with Gasteiger partial charge in [-0.15, -0.1) is 0 Å². The van der Waals surface area contributed by atoms with E-state index < -0.39 is 11.8 Å². The zero-order chi connectivity index (χ0) is 17.4. The van der Waals surface area contributed by atoms with Crippen LogP contribution in [0, 0.1) is 0 Å². The van der Waals surface area contributed by atoms with Gasteiger partial charge in [0.05, 0.1) is 19.8 Å². The Hall–Kier alpha value is -1.87. The summed E-state index contributed by atoms with van der Waals surface area (Å²) in [6.45, 7) is 7.77. The van der Waals surface area contributed by atoms with Crippen molar-refractivity contribution < 1.29 is 23.9 Å². The van der Waals surface area contributed by atoms with Gasteiger partial charge in [-0.05, 0) is 6.92 Å². The summed E-state index contributed by atoms with van der Waals surface area (Å²) in [6.07, 6.45) is -0.375. The van der Waals surface area contributed by atoms with E-state index in [2.05, 4.69) is 10.2 Å². The minimum atomic E-state index is -0.590. The molecule has 0 spiro atoms. The zero-order valence-electron chi connectivity index (χ0n) is 14.2. The van der Waals surface area contributed by atoms with Crippen LogP contribution in [0.5, 0.6) is 0 Å². The average molecular weight is 342 g/mol. The lowest BCUT2D eigenvalue weighted by atomic mass is 10.3. The van der Waals surface area contributed by atoms with Crippen LogP contribution in [0.1, 0.15) is 6.92 Å². The minimum Gasteiger partial charge on any atom is -0.450 e. The summed E-state index contributed by atoms with van der Waals surface area (Å²) in [6, 6.07) is 0. The first-order valence-electron chi connectivity index (χ1n) is 8.40. The number of nitrogens with one attached hydrogen (secondary N) is 1. The standard InChI is InChI=1S/C15H26N4O5/c1-2-24-15(22)19-7-5-18(6-8-19)14(21)13(20)16-3-4-17-9-11-23-12-10-17/h2-12H2,1H3,(H,16,20). The summed E-state index contributed by atoms with van der Waals surface area (Å²) in [5, 5.41) is 2.66. The second kappa shape index (κ2) is 9.43. The Morgan fingerprint density at radius 2 is 1.62 bits per heavy atom. The molecular weight excluding hydrogens is 316 g/mol. The Bertz CT molecular complexity index is 445. The van der Waals surface area contributed by atoms with E-state index in [4.69, 9.17) is 9.47 Å². The zero-order valence-corrected chi connectivity index (χ0v) is 14.2. The van der Waals surface area contributed by atoms with Crippen LogP contribution in [-0.4, -0.2) is 105 Å². The molecule has 9 heteroatoms. The summed E-state index contributed by atoms with van der Waals surface area (Å²) in [5.41, 5.74) is 0. The molecule has 136 valence electrons. The van der Waals surface area contributed by atoms with E-state index in [0.717, 1.165) is 13.1 Å². The molecule has 2 saturated heterocycles. The van der Waals surface area contributed by atoms with Crippen molar-refractivity contribution in [2.24, 2.45) is 0 Å². The maximum absolute atomic E-state index is 12.1. The van der Waals surface area contributed by atoms with E-state index in [9.17, 15) is 14.4 Å². The quantitative estimate of drug-likeness (QED) is 0.641. The fraction of sp³-hybridized carbons (Fsp3) is 0.800. The lowest BCUT2D eigenvalue weighted by Crippen LogP contribution is -2.54. The van der Waals surface area contributed by atoms with Crippen LogP contribution < -0.4 is 5.32 Å². The van der Waals surface area contributed by atoms with Crippen LogP contribution in [0.3, 0.4) is 0 Å². The van der Waals surface area contributed by atoms with Gasteiger partial charge in [-0.25, -0.2) is 4.79 Å². The molecule has 1 N–H and O–H groups in total. The van der Waals surface area contributed by atoms with E-state index in [-0.39, 0.29) is 6.09 Å². The van der Waals surface area contributed by atoms with E-state index in [1.54, 1.807) is 11.8 Å². The molecule has 9 nitrogen and oxygen atoms in total. The SMILES string of the molecule is CCOC(=O)N1CCN(C(=O)C(=O)NCCN2CCOCC2)CC1. The summed E-state index contributed by atoms with van der Waals surface area (Å²) < 4.78 is 10.2. The van der Waals surface area contributed by atoms with Gasteiger partial charge in [0.1, 0.15) is 0 Å². The van der Waals surface area contributed by atoms with Crippen LogP contribution in [0.4, 0.5) is 4.79 Å². The lowest BCUT2D eigenvalue weighted by molar-refractivity contribution is -0.146. The Labute approximate surface area is 141 Å². The number of nitrogens with zero attached hydrogens (tertiary/aromatic N) is 3. The van der Waals surface area contributed by atoms with Crippen molar-refractivity contribution in [1.82, 2.24) is 20.0 Å². The highest BCUT2D eigenvalue weighted by atomic mass is 16.6. The monoisotopic (exact) mass is 342 g/mol. The number of piperazine rings is 1. The highest BCUT2D eigenvalue weighted by Gasteiger charge is 2.28. The molecule has 0 aromatic heterocycles. The van der Waals surface area contributed by atoms with Gasteiger partial charge >= 0.3 is 17.9 Å². The van der Waals surface area contributed by atoms with Crippen molar-refractivity contribution in [2.75, 3.05) is 72.2 Å². The predicted octanol–water partition coefficient (Wildman–Crippen LogP) is -1.26. The fourth-order valence-electron chi connectivity index (χ4n) is 2.68. The van der Waals surface area contributed by atoms with E-state index in [0.29, 0.717) is 59.1 Å². The first-order valence-corrected chi connectivity index (χ1v) is 8.40. The van der Waals surface area contributed by atoms with Gasteiger partial charge in [0.2, 0.25) is 0 Å². The summed E-state index contributed by atoms with van der Waals surface area (Å²) in [5.74, 6) is -1.13. The van der Waals surface area contributed by atoms with Crippen molar-refractivity contribution >= 4 is 17.9 Å². The molecule has 2 heterocycles. The number of hydrogen-bond donors (Lipinski definition) is 1. The van der Waals surface area contributed by atoms with Gasteiger partial charge in [-0.2, -0.15) is 0 Å². The highest BCUT2D eigenvalue weighted by Crippen LogP contribution is 2.04. The van der Waals surface area contributed by atoms with Crippen molar-refractivity contribution in [3.05, 3.63) is 0 Å². The van der Waals surface area contributed by atoms with Crippen LogP contribution in [0.25, 0.3) is 0 Å². The molecule has 0 saturated carbocycles. The third-order valence-electron chi connectivity index (χ3n) is 4.10. The van der Waals surface area contributed by atoms with Crippen LogP contribution in [0.15, 0.2) is 0 Å². The third-order valence-corrected chi connectivity index (χ3v) is 4.10. The van der Waals surface area contributed by atoms with Gasteiger partial charge in [-0.1, -0.05) is 0 Å². The van der Waals surface area contributed by atoms with E-state index in [1.807, 2.05) is 0 Å². The van der Waals surface area contributed by atoms with Crippen LogP contribution in [0.2, 0.25) is 0 Å². The number of carbonyl (C=O) groups is 3. The van der Waals surface area contributed by atoms with Crippen molar-refractivity contribution in [2.45, 2.75) is 6.92 Å². The number of ether oxygens (including phenoxy) is 2. The molecule has 2 rings (SSSR count). The molecule has 0 aliphatic carbocycles. The highest BCUT2D eigenvalue weighted by molar-refractivity contribution is 6.35. The molecular formula is C15H26N4O5. The Balaban J connectivity index is 1.66. The maximum atomic E-state index is 12.1. The summed E-state index contributed by atoms with van der Waals surface area (Å²) in [7, 11) is 0. The van der Waals surface area contributed by atoms with Gasteiger partial charge in [0, 0.05) is 52.4 Å². The van der Waals surface area contributed by atoms with Crippen LogP contribution >= 0.6 is 0 Å². The number of rotatable bonds is 4. The number of morpholine rings is 1. The molecule has 24 heavy (non-hydrogen) atoms. The average Bonchev–Trinajstić information content (AvgIpc) is 2.62. The predicted molar refractivity (Wildman–Crippen MR) is 85.4 cm³/mol. The van der Waals surface area contributed by atoms with Gasteiger partial charge in [-0.3, -0.25) is 14.5 Å². The minimum absolute atomic E-state index is 0.323. The van der Waals surface area contributed by atoms with Crippen molar-refractivity contribution in [3.8, 4) is 0 Å². The number of carbonyl (C=O) groups excluding carboxylic acids is 3. The molecule has 0 radical (unpaired) electrons. The lowest BCUT2D eigenvalue weighted by Gasteiger charge is -2.33. The molecule has 2 aliphatic rings. The maximum Gasteiger partial charge on any atom is 0.409 e. The van der Waals surface area contributed by atoms with Gasteiger partial charge in [0.25, 0.3) is 0 Å². The second-order valence-electron chi connectivity index (χ2n) is 5.69. The summed E-state index contributed by atoms with van der Waals surface area (Å²) in [4.78, 5) is 40.9. The number of hydrogen-bond acceptors (Lipinski definition) is 6. The van der Waals surface area contributed by atoms with Gasteiger partial charge < -0.3 is 24.6 Å². The molecule has 2 aliphatic heterocycles. The van der Waals surface area contributed by atoms with Crippen molar-refractivity contribution in [1.29, 1.82) is 0 Å². The largest absolute Gasteiger partial charge is 0.450 e.